The lowest BCUT2D eigenvalue weighted by Crippen LogP contribution is -2.22. The molecule has 4 rings (SSSR count). The zero-order valence-electron chi connectivity index (χ0n) is 14.9. The maximum Gasteiger partial charge on any atom is 0.287 e. The van der Waals surface area contributed by atoms with E-state index in [1.807, 2.05) is 49.6 Å². The standard InChI is InChI=1S/C21H17ClN2O2S/c1-12-17-9-16(22)7-8-19(17)26-20(12)21(25)23-10-14-3-5-15(6-4-14)18-11-27-13(2)24-18/h3-9,11H,10H2,1-2H3,(H,23,25). The van der Waals surface area contributed by atoms with E-state index in [1.165, 1.54) is 0 Å². The Morgan fingerprint density at radius 1 is 1.19 bits per heavy atom. The number of amides is 1. The van der Waals surface area contributed by atoms with E-state index in [4.69, 9.17) is 16.0 Å². The summed E-state index contributed by atoms with van der Waals surface area (Å²) in [4.78, 5) is 17.0. The van der Waals surface area contributed by atoms with Crippen LogP contribution in [0.1, 0.15) is 26.7 Å². The molecule has 27 heavy (non-hydrogen) atoms. The van der Waals surface area contributed by atoms with Crippen molar-refractivity contribution in [3.8, 4) is 11.3 Å². The molecule has 0 aliphatic rings. The van der Waals surface area contributed by atoms with Gasteiger partial charge < -0.3 is 9.73 Å². The molecular weight excluding hydrogens is 380 g/mol. The fourth-order valence-corrected chi connectivity index (χ4v) is 3.76. The third kappa shape index (κ3) is 3.61. The SMILES string of the molecule is Cc1nc(-c2ccc(CNC(=O)c3oc4ccc(Cl)cc4c3C)cc2)cs1. The van der Waals surface area contributed by atoms with E-state index in [2.05, 4.69) is 10.3 Å². The number of aryl methyl sites for hydroxylation is 2. The lowest BCUT2D eigenvalue weighted by molar-refractivity contribution is 0.0924. The van der Waals surface area contributed by atoms with Gasteiger partial charge in [-0.2, -0.15) is 0 Å². The highest BCUT2D eigenvalue weighted by molar-refractivity contribution is 7.09. The normalized spacial score (nSPS) is 11.1. The Morgan fingerprint density at radius 3 is 2.67 bits per heavy atom. The van der Waals surface area contributed by atoms with Crippen LogP contribution < -0.4 is 5.32 Å². The quantitative estimate of drug-likeness (QED) is 0.477. The first kappa shape index (κ1) is 17.8. The molecule has 6 heteroatoms. The number of fused-ring (bicyclic) bond motifs is 1. The number of rotatable bonds is 4. The molecule has 0 fully saturated rings. The molecule has 136 valence electrons. The second kappa shape index (κ2) is 7.18. The number of aromatic nitrogens is 1. The molecule has 4 aromatic rings. The lowest BCUT2D eigenvalue weighted by Gasteiger charge is -2.05. The van der Waals surface area contributed by atoms with Crippen molar-refractivity contribution in [1.82, 2.24) is 10.3 Å². The van der Waals surface area contributed by atoms with Gasteiger partial charge in [0.05, 0.1) is 10.7 Å². The Balaban J connectivity index is 1.47. The van der Waals surface area contributed by atoms with Gasteiger partial charge in [-0.15, -0.1) is 11.3 Å². The number of carbonyl (C=O) groups excluding carboxylic acids is 1. The van der Waals surface area contributed by atoms with Crippen molar-refractivity contribution in [2.75, 3.05) is 0 Å². The molecule has 0 aliphatic carbocycles. The monoisotopic (exact) mass is 396 g/mol. The number of furan rings is 1. The molecule has 0 saturated heterocycles. The second-order valence-electron chi connectivity index (χ2n) is 6.33. The van der Waals surface area contributed by atoms with Gasteiger partial charge in [0.25, 0.3) is 5.91 Å². The number of nitrogens with zero attached hydrogens (tertiary/aromatic N) is 1. The number of carbonyl (C=O) groups is 1. The number of nitrogens with one attached hydrogen (secondary N) is 1. The fourth-order valence-electron chi connectivity index (χ4n) is 2.96. The molecule has 4 nitrogen and oxygen atoms in total. The third-order valence-corrected chi connectivity index (χ3v) is 5.43. The van der Waals surface area contributed by atoms with Crippen molar-refractivity contribution < 1.29 is 9.21 Å². The number of hydrogen-bond acceptors (Lipinski definition) is 4. The minimum atomic E-state index is -0.237. The van der Waals surface area contributed by atoms with Gasteiger partial charge in [0, 0.05) is 33.5 Å². The van der Waals surface area contributed by atoms with Gasteiger partial charge in [0.15, 0.2) is 5.76 Å². The first-order valence-electron chi connectivity index (χ1n) is 8.49. The average molecular weight is 397 g/mol. The maximum absolute atomic E-state index is 12.5. The van der Waals surface area contributed by atoms with E-state index in [-0.39, 0.29) is 5.91 Å². The van der Waals surface area contributed by atoms with Crippen molar-refractivity contribution >= 4 is 39.8 Å². The summed E-state index contributed by atoms with van der Waals surface area (Å²) in [5, 5.41) is 7.48. The summed E-state index contributed by atoms with van der Waals surface area (Å²) in [6.07, 6.45) is 0. The van der Waals surface area contributed by atoms with Crippen LogP contribution in [0, 0.1) is 13.8 Å². The molecule has 1 N–H and O–H groups in total. The molecule has 0 bridgehead atoms. The van der Waals surface area contributed by atoms with Crippen molar-refractivity contribution in [2.24, 2.45) is 0 Å². The highest BCUT2D eigenvalue weighted by Gasteiger charge is 2.17. The van der Waals surface area contributed by atoms with Crippen LogP contribution in [0.25, 0.3) is 22.2 Å². The van der Waals surface area contributed by atoms with Crippen molar-refractivity contribution in [3.63, 3.8) is 0 Å². The average Bonchev–Trinajstić information content (AvgIpc) is 3.24. The highest BCUT2D eigenvalue weighted by Crippen LogP contribution is 2.28. The summed E-state index contributed by atoms with van der Waals surface area (Å²) in [5.74, 6) is 0.0841. The molecule has 1 amide bonds. The van der Waals surface area contributed by atoms with Crippen LogP contribution in [-0.4, -0.2) is 10.9 Å². The number of halogens is 1. The van der Waals surface area contributed by atoms with Gasteiger partial charge in [0.2, 0.25) is 0 Å². The van der Waals surface area contributed by atoms with Crippen LogP contribution in [0.4, 0.5) is 0 Å². The minimum Gasteiger partial charge on any atom is -0.451 e. The van der Waals surface area contributed by atoms with Crippen LogP contribution in [0.3, 0.4) is 0 Å². The minimum absolute atomic E-state index is 0.237. The fraction of sp³-hybridized carbons (Fsp3) is 0.143. The smallest absolute Gasteiger partial charge is 0.287 e. The van der Waals surface area contributed by atoms with Gasteiger partial charge in [-0.25, -0.2) is 4.98 Å². The molecule has 2 aromatic carbocycles. The van der Waals surface area contributed by atoms with Gasteiger partial charge in [-0.3, -0.25) is 4.79 Å². The molecule has 0 atom stereocenters. The van der Waals surface area contributed by atoms with E-state index in [9.17, 15) is 4.79 Å². The summed E-state index contributed by atoms with van der Waals surface area (Å²) < 4.78 is 5.71. The van der Waals surface area contributed by atoms with E-state index >= 15 is 0 Å². The Labute approximate surface area is 165 Å². The summed E-state index contributed by atoms with van der Waals surface area (Å²) >= 11 is 7.67. The Hall–Kier alpha value is -2.63. The molecule has 0 unspecified atom stereocenters. The molecule has 0 saturated carbocycles. The second-order valence-corrected chi connectivity index (χ2v) is 7.83. The number of hydrogen-bond donors (Lipinski definition) is 1. The largest absolute Gasteiger partial charge is 0.451 e. The summed E-state index contributed by atoms with van der Waals surface area (Å²) in [5.41, 5.74) is 4.50. The molecule has 2 heterocycles. The van der Waals surface area contributed by atoms with Gasteiger partial charge >= 0.3 is 0 Å². The van der Waals surface area contributed by atoms with E-state index < -0.39 is 0 Å². The number of thiazole rings is 1. The predicted molar refractivity (Wildman–Crippen MR) is 109 cm³/mol. The zero-order chi connectivity index (χ0) is 19.0. The molecule has 2 aromatic heterocycles. The Morgan fingerprint density at radius 2 is 1.96 bits per heavy atom. The Kier molecular flexibility index (Phi) is 4.72. The van der Waals surface area contributed by atoms with Crippen LogP contribution in [0.15, 0.2) is 52.3 Å². The molecular formula is C21H17ClN2O2S. The van der Waals surface area contributed by atoms with Crippen LogP contribution >= 0.6 is 22.9 Å². The summed E-state index contributed by atoms with van der Waals surface area (Å²) in [6.45, 7) is 4.28. The lowest BCUT2D eigenvalue weighted by atomic mass is 10.1. The first-order valence-corrected chi connectivity index (χ1v) is 9.75. The van der Waals surface area contributed by atoms with E-state index in [0.717, 1.165) is 32.8 Å². The van der Waals surface area contributed by atoms with Crippen LogP contribution in [0.2, 0.25) is 5.02 Å². The Bertz CT molecular complexity index is 1130. The van der Waals surface area contributed by atoms with E-state index in [0.29, 0.717) is 22.9 Å². The van der Waals surface area contributed by atoms with Gasteiger partial charge in [-0.05, 0) is 37.6 Å². The molecule has 0 radical (unpaired) electrons. The van der Waals surface area contributed by atoms with Crippen LogP contribution in [0.5, 0.6) is 0 Å². The first-order chi connectivity index (χ1) is 13.0. The summed E-state index contributed by atoms with van der Waals surface area (Å²) in [7, 11) is 0. The summed E-state index contributed by atoms with van der Waals surface area (Å²) in [6, 6.07) is 13.4. The van der Waals surface area contributed by atoms with Gasteiger partial charge in [-0.1, -0.05) is 35.9 Å². The zero-order valence-corrected chi connectivity index (χ0v) is 16.4. The molecule has 0 spiro atoms. The topological polar surface area (TPSA) is 55.1 Å². The van der Waals surface area contributed by atoms with Crippen molar-refractivity contribution in [1.29, 1.82) is 0 Å². The number of benzene rings is 2. The highest BCUT2D eigenvalue weighted by atomic mass is 35.5. The molecule has 0 aliphatic heterocycles. The van der Waals surface area contributed by atoms with E-state index in [1.54, 1.807) is 23.5 Å². The predicted octanol–water partition coefficient (Wildman–Crippen LogP) is 5.76. The maximum atomic E-state index is 12.5. The third-order valence-electron chi connectivity index (χ3n) is 4.43. The van der Waals surface area contributed by atoms with Crippen molar-refractivity contribution in [2.45, 2.75) is 20.4 Å². The van der Waals surface area contributed by atoms with Crippen molar-refractivity contribution in [3.05, 3.63) is 74.8 Å². The van der Waals surface area contributed by atoms with Gasteiger partial charge in [0.1, 0.15) is 5.58 Å². The van der Waals surface area contributed by atoms with Crippen LogP contribution in [-0.2, 0) is 6.54 Å².